The average Bonchev–Trinajstić information content (AvgIpc) is 2.38. The molecule has 2 N–H and O–H groups in total. The Balaban J connectivity index is 2.99. The smallest absolute Gasteiger partial charge is 0.240 e. The Kier molecular flexibility index (Phi) is 5.97. The highest BCUT2D eigenvalue weighted by Crippen LogP contribution is 2.27. The van der Waals surface area contributed by atoms with Gasteiger partial charge in [-0.25, -0.2) is 13.1 Å². The average molecular weight is 300 g/mol. The van der Waals surface area contributed by atoms with E-state index in [1.165, 1.54) is 32.2 Å². The molecule has 0 heterocycles. The molecule has 0 fully saturated rings. The van der Waals surface area contributed by atoms with Crippen LogP contribution < -0.4 is 14.8 Å². The van der Waals surface area contributed by atoms with Gasteiger partial charge in [0, 0.05) is 19.5 Å². The zero-order valence-corrected chi connectivity index (χ0v) is 12.7. The molecular weight excluding hydrogens is 280 g/mol. The Morgan fingerprint density at radius 2 is 2.05 bits per heavy atom. The molecule has 112 valence electrons. The summed E-state index contributed by atoms with van der Waals surface area (Å²) >= 11 is 0. The molecule has 0 aromatic heterocycles. The molecule has 6 nitrogen and oxygen atoms in total. The van der Waals surface area contributed by atoms with Crippen molar-refractivity contribution in [2.75, 3.05) is 19.0 Å². The molecule has 1 rings (SSSR count). The maximum absolute atomic E-state index is 12.1. The number of rotatable bonds is 7. The van der Waals surface area contributed by atoms with Crippen molar-refractivity contribution in [3.63, 3.8) is 0 Å². The zero-order valence-electron chi connectivity index (χ0n) is 11.9. The maximum atomic E-state index is 12.1. The second-order valence-corrected chi connectivity index (χ2v) is 6.06. The van der Waals surface area contributed by atoms with Crippen LogP contribution in [0.1, 0.15) is 26.7 Å². The number of anilines is 1. The lowest BCUT2D eigenvalue weighted by Crippen LogP contribution is -2.24. The van der Waals surface area contributed by atoms with Gasteiger partial charge in [-0.1, -0.05) is 13.3 Å². The first-order chi connectivity index (χ1) is 9.40. The number of methoxy groups -OCH3 is 1. The number of unbranched alkanes of at least 4 members (excludes halogenated alkanes) is 1. The van der Waals surface area contributed by atoms with Crippen molar-refractivity contribution < 1.29 is 17.9 Å². The van der Waals surface area contributed by atoms with Crippen LogP contribution in [0.5, 0.6) is 5.75 Å². The highest BCUT2D eigenvalue weighted by atomic mass is 32.2. The lowest BCUT2D eigenvalue weighted by atomic mass is 10.3. The van der Waals surface area contributed by atoms with Gasteiger partial charge in [0.2, 0.25) is 15.9 Å². The molecule has 1 aromatic carbocycles. The number of hydrogen-bond donors (Lipinski definition) is 2. The number of amides is 1. The van der Waals surface area contributed by atoms with Gasteiger partial charge in [-0.05, 0) is 18.6 Å². The van der Waals surface area contributed by atoms with Crippen molar-refractivity contribution in [2.24, 2.45) is 0 Å². The number of hydrogen-bond acceptors (Lipinski definition) is 4. The number of benzene rings is 1. The third-order valence-corrected chi connectivity index (χ3v) is 4.08. The Labute approximate surface area is 119 Å². The highest BCUT2D eigenvalue weighted by molar-refractivity contribution is 7.89. The molecule has 0 spiro atoms. The normalized spacial score (nSPS) is 11.2. The number of ether oxygens (including phenoxy) is 1. The predicted octanol–water partition coefficient (Wildman–Crippen LogP) is 1.73. The monoisotopic (exact) mass is 300 g/mol. The summed E-state index contributed by atoms with van der Waals surface area (Å²) in [5, 5.41) is 2.58. The molecule has 0 aliphatic carbocycles. The zero-order chi connectivity index (χ0) is 15.2. The van der Waals surface area contributed by atoms with Crippen LogP contribution in [-0.4, -0.2) is 28.0 Å². The summed E-state index contributed by atoms with van der Waals surface area (Å²) in [5.41, 5.74) is 0.438. The van der Waals surface area contributed by atoms with Gasteiger partial charge in [0.25, 0.3) is 0 Å². The molecule has 0 radical (unpaired) electrons. The summed E-state index contributed by atoms with van der Waals surface area (Å²) < 4.78 is 31.7. The minimum absolute atomic E-state index is 0.111. The Hall–Kier alpha value is -1.60. The standard InChI is InChI=1S/C13H20N2O4S/c1-4-5-8-14-20(17,18)11-6-7-12(15-10(2)16)13(9-11)19-3/h6-7,9,14H,4-5,8H2,1-3H3,(H,15,16). The van der Waals surface area contributed by atoms with Gasteiger partial charge in [0.05, 0.1) is 17.7 Å². The molecule has 0 atom stereocenters. The Morgan fingerprint density at radius 1 is 1.35 bits per heavy atom. The quantitative estimate of drug-likeness (QED) is 0.751. The second-order valence-electron chi connectivity index (χ2n) is 4.29. The van der Waals surface area contributed by atoms with Crippen LogP contribution in [0.2, 0.25) is 0 Å². The summed E-state index contributed by atoms with van der Waals surface area (Å²) in [5.74, 6) is 0.0542. The summed E-state index contributed by atoms with van der Waals surface area (Å²) in [6, 6.07) is 4.33. The van der Waals surface area contributed by atoms with Crippen molar-refractivity contribution in [1.29, 1.82) is 0 Å². The summed E-state index contributed by atoms with van der Waals surface area (Å²) in [7, 11) is -2.13. The predicted molar refractivity (Wildman–Crippen MR) is 77.4 cm³/mol. The van der Waals surface area contributed by atoms with Crippen LogP contribution in [0.3, 0.4) is 0 Å². The Bertz CT molecular complexity index is 570. The van der Waals surface area contributed by atoms with Crippen LogP contribution in [-0.2, 0) is 14.8 Å². The van der Waals surface area contributed by atoms with Crippen molar-refractivity contribution in [3.8, 4) is 5.75 Å². The first kappa shape index (κ1) is 16.5. The first-order valence-corrected chi connectivity index (χ1v) is 7.84. The number of nitrogens with one attached hydrogen (secondary N) is 2. The van der Waals surface area contributed by atoms with Crippen LogP contribution in [0.25, 0.3) is 0 Å². The van der Waals surface area contributed by atoms with Crippen molar-refractivity contribution in [2.45, 2.75) is 31.6 Å². The molecule has 0 unspecified atom stereocenters. The Morgan fingerprint density at radius 3 is 2.60 bits per heavy atom. The molecular formula is C13H20N2O4S. The van der Waals surface area contributed by atoms with E-state index in [-0.39, 0.29) is 10.8 Å². The van der Waals surface area contributed by atoms with Crippen molar-refractivity contribution in [3.05, 3.63) is 18.2 Å². The lowest BCUT2D eigenvalue weighted by molar-refractivity contribution is -0.114. The van der Waals surface area contributed by atoms with E-state index >= 15 is 0 Å². The maximum Gasteiger partial charge on any atom is 0.240 e. The largest absolute Gasteiger partial charge is 0.495 e. The fourth-order valence-electron chi connectivity index (χ4n) is 1.60. The lowest BCUT2D eigenvalue weighted by Gasteiger charge is -2.12. The third-order valence-electron chi connectivity index (χ3n) is 2.62. The van der Waals surface area contributed by atoms with E-state index < -0.39 is 10.0 Å². The van der Waals surface area contributed by atoms with E-state index in [0.717, 1.165) is 12.8 Å². The fourth-order valence-corrected chi connectivity index (χ4v) is 2.69. The van der Waals surface area contributed by atoms with E-state index in [0.29, 0.717) is 18.0 Å². The molecule has 0 aliphatic rings. The molecule has 20 heavy (non-hydrogen) atoms. The fraction of sp³-hybridized carbons (Fsp3) is 0.462. The van der Waals surface area contributed by atoms with Crippen LogP contribution in [0, 0.1) is 0 Å². The summed E-state index contributed by atoms with van der Waals surface area (Å²) in [4.78, 5) is 11.2. The van der Waals surface area contributed by atoms with Crippen molar-refractivity contribution in [1.82, 2.24) is 4.72 Å². The van der Waals surface area contributed by atoms with Crippen LogP contribution in [0.15, 0.2) is 23.1 Å². The van der Waals surface area contributed by atoms with Gasteiger partial charge in [-0.3, -0.25) is 4.79 Å². The van der Waals surface area contributed by atoms with E-state index in [1.54, 1.807) is 0 Å². The van der Waals surface area contributed by atoms with Gasteiger partial charge >= 0.3 is 0 Å². The SMILES string of the molecule is CCCCNS(=O)(=O)c1ccc(NC(C)=O)c(OC)c1. The van der Waals surface area contributed by atoms with Gasteiger partial charge in [0.1, 0.15) is 5.75 Å². The molecule has 7 heteroatoms. The molecule has 1 aromatic rings. The highest BCUT2D eigenvalue weighted by Gasteiger charge is 2.16. The minimum Gasteiger partial charge on any atom is -0.495 e. The van der Waals surface area contributed by atoms with Gasteiger partial charge in [-0.15, -0.1) is 0 Å². The van der Waals surface area contributed by atoms with E-state index in [1.807, 2.05) is 6.92 Å². The first-order valence-electron chi connectivity index (χ1n) is 6.36. The molecule has 0 bridgehead atoms. The minimum atomic E-state index is -3.55. The second kappa shape index (κ2) is 7.25. The van der Waals surface area contributed by atoms with E-state index in [4.69, 9.17) is 4.74 Å². The molecule has 0 aliphatic heterocycles. The van der Waals surface area contributed by atoms with Crippen molar-refractivity contribution >= 4 is 21.6 Å². The van der Waals surface area contributed by atoms with E-state index in [9.17, 15) is 13.2 Å². The molecule has 0 saturated heterocycles. The number of carbonyl (C=O) groups is 1. The number of sulfonamides is 1. The number of carbonyl (C=O) groups excluding carboxylic acids is 1. The van der Waals surface area contributed by atoms with Crippen LogP contribution in [0.4, 0.5) is 5.69 Å². The molecule has 0 saturated carbocycles. The van der Waals surface area contributed by atoms with Gasteiger partial charge < -0.3 is 10.1 Å². The van der Waals surface area contributed by atoms with E-state index in [2.05, 4.69) is 10.0 Å². The topological polar surface area (TPSA) is 84.5 Å². The van der Waals surface area contributed by atoms with Gasteiger partial charge in [0.15, 0.2) is 0 Å². The van der Waals surface area contributed by atoms with Gasteiger partial charge in [-0.2, -0.15) is 0 Å². The summed E-state index contributed by atoms with van der Waals surface area (Å²) in [6.07, 6.45) is 1.69. The van der Waals surface area contributed by atoms with Crippen LogP contribution >= 0.6 is 0 Å². The molecule has 1 amide bonds. The third kappa shape index (κ3) is 4.50. The summed E-state index contributed by atoms with van der Waals surface area (Å²) in [6.45, 7) is 3.75.